The lowest BCUT2D eigenvalue weighted by Gasteiger charge is -2.13. The zero-order chi connectivity index (χ0) is 13.4. The van der Waals surface area contributed by atoms with Gasteiger partial charge in [0.05, 0.1) is 5.02 Å². The zero-order valence-electron chi connectivity index (χ0n) is 10.7. The van der Waals surface area contributed by atoms with Crippen LogP contribution >= 0.6 is 11.6 Å². The van der Waals surface area contributed by atoms with Crippen LogP contribution in [0.3, 0.4) is 0 Å². The van der Waals surface area contributed by atoms with Gasteiger partial charge in [-0.2, -0.15) is 0 Å². The highest BCUT2D eigenvalue weighted by Gasteiger charge is 2.25. The summed E-state index contributed by atoms with van der Waals surface area (Å²) >= 11 is 4.92. The van der Waals surface area contributed by atoms with Crippen molar-refractivity contribution in [3.63, 3.8) is 0 Å². The Morgan fingerprint density at radius 2 is 2.00 bits per heavy atom. The Balaban J connectivity index is 1.99. The smallest absolute Gasteiger partial charge is 0.177 e. The Morgan fingerprint density at radius 3 is 2.79 bits per heavy atom. The van der Waals surface area contributed by atoms with Gasteiger partial charge in [0.25, 0.3) is 0 Å². The summed E-state index contributed by atoms with van der Waals surface area (Å²) in [6, 6.07) is 13.5. The molecule has 0 N–H and O–H groups in total. The largest absolute Gasteiger partial charge is 0.606 e. The van der Waals surface area contributed by atoms with Crippen LogP contribution in [0.15, 0.2) is 52.3 Å². The average Bonchev–Trinajstić information content (AvgIpc) is 2.80. The molecule has 4 heteroatoms. The van der Waals surface area contributed by atoms with Gasteiger partial charge >= 0.3 is 0 Å². The molecule has 0 aliphatic carbocycles. The minimum Gasteiger partial charge on any atom is -0.606 e. The van der Waals surface area contributed by atoms with Crippen LogP contribution in [0.25, 0.3) is 0 Å². The Hall–Kier alpha value is -0.895. The normalized spacial score (nSPS) is 15.4. The summed E-state index contributed by atoms with van der Waals surface area (Å²) in [5, 5.41) is 0.564. The molecule has 1 heterocycles. The molecular weight excluding hydrogens is 274 g/mol. The zero-order valence-corrected chi connectivity index (χ0v) is 12.3. The molecule has 0 saturated heterocycles. The maximum Gasteiger partial charge on any atom is 0.177 e. The number of hydrogen-bond acceptors (Lipinski definition) is 1. The first kappa shape index (κ1) is 13.1. The molecule has 1 aliphatic rings. The van der Waals surface area contributed by atoms with Crippen molar-refractivity contribution in [2.24, 2.45) is 0 Å². The van der Waals surface area contributed by atoms with Crippen molar-refractivity contribution in [2.45, 2.75) is 29.4 Å². The number of benzene rings is 2. The molecule has 0 radical (unpaired) electrons. The summed E-state index contributed by atoms with van der Waals surface area (Å²) in [6.45, 7) is 2.80. The van der Waals surface area contributed by atoms with Crippen molar-refractivity contribution in [3.8, 4) is 0 Å². The number of rotatable bonds is 2. The number of fused-ring (bicyclic) bond motifs is 1. The number of aryl methyl sites for hydroxylation is 1. The van der Waals surface area contributed by atoms with Gasteiger partial charge in [0, 0.05) is 11.2 Å². The molecule has 3 rings (SSSR count). The molecule has 0 aromatic heterocycles. The van der Waals surface area contributed by atoms with E-state index in [1.807, 2.05) is 24.3 Å². The van der Waals surface area contributed by atoms with E-state index in [2.05, 4.69) is 19.0 Å². The second-order valence-corrected chi connectivity index (χ2v) is 6.86. The molecule has 0 fully saturated rings. The van der Waals surface area contributed by atoms with E-state index in [1.54, 1.807) is 6.07 Å². The van der Waals surface area contributed by atoms with Crippen molar-refractivity contribution >= 4 is 35.0 Å². The number of hydrogen-bond donors (Lipinski definition) is 0. The molecule has 0 amide bonds. The predicted octanol–water partition coefficient (Wildman–Crippen LogP) is 3.39. The molecular formula is C15H14BClOS. The Labute approximate surface area is 122 Å². The fourth-order valence-corrected chi connectivity index (χ4v) is 4.10. The first-order valence-electron chi connectivity index (χ1n) is 6.46. The lowest BCUT2D eigenvalue weighted by molar-refractivity contribution is 0.595. The topological polar surface area (TPSA) is 23.1 Å². The molecule has 96 valence electrons. The van der Waals surface area contributed by atoms with Crippen LogP contribution in [0.1, 0.15) is 5.56 Å². The van der Waals surface area contributed by atoms with Gasteiger partial charge in [-0.25, -0.2) is 0 Å². The SMILES string of the molecule is CB1CCc2ccc([S+]([O-])c3ccccc3Cl)cc21. The molecule has 2 aromatic rings. The van der Waals surface area contributed by atoms with Gasteiger partial charge in [-0.05, 0) is 30.7 Å². The highest BCUT2D eigenvalue weighted by molar-refractivity contribution is 7.91. The third kappa shape index (κ3) is 2.43. The maximum atomic E-state index is 12.6. The Morgan fingerprint density at radius 1 is 1.21 bits per heavy atom. The average molecular weight is 289 g/mol. The van der Waals surface area contributed by atoms with Crippen LogP contribution in [0.5, 0.6) is 0 Å². The molecule has 0 spiro atoms. The highest BCUT2D eigenvalue weighted by atomic mass is 35.5. The van der Waals surface area contributed by atoms with E-state index < -0.39 is 11.2 Å². The lowest BCUT2D eigenvalue weighted by atomic mass is 9.48. The van der Waals surface area contributed by atoms with Gasteiger partial charge in [-0.1, -0.05) is 54.0 Å². The highest BCUT2D eigenvalue weighted by Crippen LogP contribution is 2.28. The third-order valence-electron chi connectivity index (χ3n) is 3.75. The van der Waals surface area contributed by atoms with Crippen molar-refractivity contribution < 1.29 is 4.55 Å². The molecule has 0 saturated carbocycles. The van der Waals surface area contributed by atoms with E-state index in [-0.39, 0.29) is 0 Å². The van der Waals surface area contributed by atoms with Gasteiger partial charge in [0.2, 0.25) is 0 Å². The van der Waals surface area contributed by atoms with E-state index >= 15 is 0 Å². The van der Waals surface area contributed by atoms with Crippen molar-refractivity contribution in [2.75, 3.05) is 0 Å². The fourth-order valence-electron chi connectivity index (χ4n) is 2.62. The summed E-state index contributed by atoms with van der Waals surface area (Å²) in [7, 11) is 0. The third-order valence-corrected chi connectivity index (χ3v) is 5.62. The molecule has 1 nitrogen and oxygen atoms in total. The van der Waals surface area contributed by atoms with E-state index in [0.29, 0.717) is 16.6 Å². The Bertz CT molecular complexity index is 617. The van der Waals surface area contributed by atoms with Crippen LogP contribution < -0.4 is 5.46 Å². The quantitative estimate of drug-likeness (QED) is 0.613. The summed E-state index contributed by atoms with van der Waals surface area (Å²) in [5.74, 6) is 0. The Kier molecular flexibility index (Phi) is 3.61. The van der Waals surface area contributed by atoms with Crippen molar-refractivity contribution in [1.29, 1.82) is 0 Å². The molecule has 1 unspecified atom stereocenters. The van der Waals surface area contributed by atoms with Gasteiger partial charge in [0.1, 0.15) is 0 Å². The molecule has 19 heavy (non-hydrogen) atoms. The monoisotopic (exact) mass is 288 g/mol. The maximum absolute atomic E-state index is 12.6. The second kappa shape index (κ2) is 5.24. The van der Waals surface area contributed by atoms with E-state index in [4.69, 9.17) is 11.6 Å². The standard InChI is InChI=1S/C15H14BClOS/c1-16-9-8-11-6-7-12(10-13(11)16)19(18)15-5-3-2-4-14(15)17/h2-7,10H,8-9H2,1H3. The van der Waals surface area contributed by atoms with E-state index in [0.717, 1.165) is 11.3 Å². The molecule has 0 bridgehead atoms. The predicted molar refractivity (Wildman–Crippen MR) is 82.3 cm³/mol. The van der Waals surface area contributed by atoms with Crippen LogP contribution in [0, 0.1) is 0 Å². The molecule has 1 aliphatic heterocycles. The van der Waals surface area contributed by atoms with Crippen molar-refractivity contribution in [1.82, 2.24) is 0 Å². The fraction of sp³-hybridized carbons (Fsp3) is 0.200. The summed E-state index contributed by atoms with van der Waals surface area (Å²) < 4.78 is 12.6. The van der Waals surface area contributed by atoms with Gasteiger partial charge in [-0.15, -0.1) is 0 Å². The minimum absolute atomic E-state index is 0.564. The van der Waals surface area contributed by atoms with E-state index in [1.165, 1.54) is 17.3 Å². The molecule has 2 aromatic carbocycles. The number of halogens is 1. The van der Waals surface area contributed by atoms with Gasteiger partial charge < -0.3 is 4.55 Å². The van der Waals surface area contributed by atoms with Crippen LogP contribution in [-0.2, 0) is 17.6 Å². The summed E-state index contributed by atoms with van der Waals surface area (Å²) in [4.78, 5) is 1.54. The molecule has 1 atom stereocenters. The van der Waals surface area contributed by atoms with Crippen LogP contribution in [0.4, 0.5) is 0 Å². The van der Waals surface area contributed by atoms with Gasteiger partial charge in [-0.3, -0.25) is 0 Å². The van der Waals surface area contributed by atoms with Crippen LogP contribution in [-0.4, -0.2) is 11.3 Å². The summed E-state index contributed by atoms with van der Waals surface area (Å²) in [5.41, 5.74) is 2.74. The van der Waals surface area contributed by atoms with E-state index in [9.17, 15) is 4.55 Å². The minimum atomic E-state index is -1.20. The first-order chi connectivity index (χ1) is 9.16. The van der Waals surface area contributed by atoms with Crippen molar-refractivity contribution in [3.05, 3.63) is 53.1 Å². The first-order valence-corrected chi connectivity index (χ1v) is 7.98. The summed E-state index contributed by atoms with van der Waals surface area (Å²) in [6.07, 6.45) is 2.33. The van der Waals surface area contributed by atoms with Gasteiger partial charge in [0.15, 0.2) is 16.5 Å². The van der Waals surface area contributed by atoms with Crippen LogP contribution in [0.2, 0.25) is 18.2 Å². The lowest BCUT2D eigenvalue weighted by Crippen LogP contribution is -2.23. The second-order valence-electron chi connectivity index (χ2n) is 5.00.